The van der Waals surface area contributed by atoms with Crippen LogP contribution in [0.2, 0.25) is 0 Å². The lowest BCUT2D eigenvalue weighted by Gasteiger charge is -2.08. The SMILES string of the molecule is CCn1cc(COc2ccc(CBr)cc2Br)cn1. The van der Waals surface area contributed by atoms with Crippen LogP contribution in [-0.2, 0) is 18.5 Å². The molecule has 0 N–H and O–H groups in total. The highest BCUT2D eigenvalue weighted by Crippen LogP contribution is 2.27. The second-order valence-electron chi connectivity index (χ2n) is 3.89. The van der Waals surface area contributed by atoms with Crippen LogP contribution in [0.25, 0.3) is 0 Å². The number of ether oxygens (including phenoxy) is 1. The summed E-state index contributed by atoms with van der Waals surface area (Å²) in [5, 5.41) is 5.06. The van der Waals surface area contributed by atoms with Gasteiger partial charge in [0.05, 0.1) is 10.7 Å². The van der Waals surface area contributed by atoms with E-state index in [1.54, 1.807) is 0 Å². The number of aryl methyl sites for hydroxylation is 1. The normalized spacial score (nSPS) is 10.6. The van der Waals surface area contributed by atoms with Crippen LogP contribution in [0.1, 0.15) is 18.1 Å². The Bertz CT molecular complexity index is 525. The Kier molecular flexibility index (Phi) is 4.83. The minimum Gasteiger partial charge on any atom is -0.488 e. The van der Waals surface area contributed by atoms with Crippen molar-refractivity contribution in [2.45, 2.75) is 25.4 Å². The van der Waals surface area contributed by atoms with Crippen LogP contribution >= 0.6 is 31.9 Å². The average molecular weight is 374 g/mol. The summed E-state index contributed by atoms with van der Waals surface area (Å²) in [6.07, 6.45) is 3.84. The molecule has 0 fully saturated rings. The van der Waals surface area contributed by atoms with Gasteiger partial charge in [-0.25, -0.2) is 0 Å². The first-order valence-electron chi connectivity index (χ1n) is 5.71. The van der Waals surface area contributed by atoms with Crippen LogP contribution in [0.3, 0.4) is 0 Å². The highest BCUT2D eigenvalue weighted by Gasteiger charge is 2.04. The van der Waals surface area contributed by atoms with E-state index in [1.165, 1.54) is 5.56 Å². The second-order valence-corrected chi connectivity index (χ2v) is 5.31. The number of hydrogen-bond donors (Lipinski definition) is 0. The van der Waals surface area contributed by atoms with Crippen LogP contribution in [0.15, 0.2) is 35.1 Å². The summed E-state index contributed by atoms with van der Waals surface area (Å²) in [4.78, 5) is 0. The molecule has 3 nitrogen and oxygen atoms in total. The number of hydrogen-bond acceptors (Lipinski definition) is 2. The number of halogens is 2. The van der Waals surface area contributed by atoms with Crippen molar-refractivity contribution in [1.29, 1.82) is 0 Å². The van der Waals surface area contributed by atoms with E-state index in [4.69, 9.17) is 4.74 Å². The summed E-state index contributed by atoms with van der Waals surface area (Å²) in [6, 6.07) is 6.08. The summed E-state index contributed by atoms with van der Waals surface area (Å²) < 4.78 is 8.63. The van der Waals surface area contributed by atoms with Crippen molar-refractivity contribution < 1.29 is 4.74 Å². The first kappa shape index (κ1) is 13.6. The second kappa shape index (κ2) is 6.38. The lowest BCUT2D eigenvalue weighted by molar-refractivity contribution is 0.304. The van der Waals surface area contributed by atoms with Gasteiger partial charge in [-0.05, 0) is 40.5 Å². The molecule has 18 heavy (non-hydrogen) atoms. The summed E-state index contributed by atoms with van der Waals surface area (Å²) in [5.74, 6) is 0.851. The van der Waals surface area contributed by atoms with Crippen molar-refractivity contribution in [3.05, 3.63) is 46.2 Å². The fraction of sp³-hybridized carbons (Fsp3) is 0.308. The Morgan fingerprint density at radius 2 is 2.17 bits per heavy atom. The van der Waals surface area contributed by atoms with Gasteiger partial charge in [-0.2, -0.15) is 5.10 Å². The molecule has 0 aliphatic rings. The van der Waals surface area contributed by atoms with Gasteiger partial charge in [-0.15, -0.1) is 0 Å². The van der Waals surface area contributed by atoms with Gasteiger partial charge in [0, 0.05) is 23.6 Å². The highest BCUT2D eigenvalue weighted by molar-refractivity contribution is 9.10. The van der Waals surface area contributed by atoms with Crippen LogP contribution in [-0.4, -0.2) is 9.78 Å². The lowest BCUT2D eigenvalue weighted by Crippen LogP contribution is -1.96. The smallest absolute Gasteiger partial charge is 0.134 e. The molecular weight excluding hydrogens is 360 g/mol. The maximum Gasteiger partial charge on any atom is 0.134 e. The molecule has 2 aromatic rings. The van der Waals surface area contributed by atoms with Gasteiger partial charge in [-0.1, -0.05) is 22.0 Å². The standard InChI is InChI=1S/C13H14Br2N2O/c1-2-17-8-11(7-16-17)9-18-13-4-3-10(6-14)5-12(13)15/h3-5,7-8H,2,6,9H2,1H3. The molecule has 0 aliphatic heterocycles. The number of benzene rings is 1. The largest absolute Gasteiger partial charge is 0.488 e. The van der Waals surface area contributed by atoms with Gasteiger partial charge in [0.15, 0.2) is 0 Å². The van der Waals surface area contributed by atoms with Crippen molar-refractivity contribution >= 4 is 31.9 Å². The summed E-state index contributed by atoms with van der Waals surface area (Å²) in [5.41, 5.74) is 2.29. The zero-order valence-electron chi connectivity index (χ0n) is 10.1. The molecule has 2 rings (SSSR count). The number of alkyl halides is 1. The highest BCUT2D eigenvalue weighted by atomic mass is 79.9. The van der Waals surface area contributed by atoms with E-state index >= 15 is 0 Å². The number of aromatic nitrogens is 2. The van der Waals surface area contributed by atoms with E-state index in [-0.39, 0.29) is 0 Å². The van der Waals surface area contributed by atoms with Crippen molar-refractivity contribution in [3.8, 4) is 5.75 Å². The zero-order chi connectivity index (χ0) is 13.0. The first-order chi connectivity index (χ1) is 8.72. The zero-order valence-corrected chi connectivity index (χ0v) is 13.2. The molecule has 0 aliphatic carbocycles. The van der Waals surface area contributed by atoms with E-state index in [0.29, 0.717) is 6.61 Å². The van der Waals surface area contributed by atoms with Crippen molar-refractivity contribution in [3.63, 3.8) is 0 Å². The first-order valence-corrected chi connectivity index (χ1v) is 7.63. The number of rotatable bonds is 5. The van der Waals surface area contributed by atoms with Crippen molar-refractivity contribution in [2.75, 3.05) is 0 Å². The Morgan fingerprint density at radius 1 is 1.33 bits per heavy atom. The Morgan fingerprint density at radius 3 is 2.78 bits per heavy atom. The molecule has 96 valence electrons. The van der Waals surface area contributed by atoms with Crippen LogP contribution in [0.5, 0.6) is 5.75 Å². The van der Waals surface area contributed by atoms with Gasteiger partial charge in [0.2, 0.25) is 0 Å². The predicted octanol–water partition coefficient (Wildman–Crippen LogP) is 4.14. The molecule has 0 saturated heterocycles. The van der Waals surface area contributed by atoms with E-state index in [1.807, 2.05) is 29.2 Å². The van der Waals surface area contributed by atoms with Gasteiger partial charge in [0.1, 0.15) is 12.4 Å². The average Bonchev–Trinajstić information content (AvgIpc) is 2.85. The van der Waals surface area contributed by atoms with E-state index in [9.17, 15) is 0 Å². The van der Waals surface area contributed by atoms with Crippen molar-refractivity contribution in [2.24, 2.45) is 0 Å². The molecule has 1 aromatic heterocycles. The maximum absolute atomic E-state index is 5.76. The molecule has 0 amide bonds. The van der Waals surface area contributed by atoms with Crippen LogP contribution in [0, 0.1) is 0 Å². The van der Waals surface area contributed by atoms with Gasteiger partial charge in [-0.3, -0.25) is 4.68 Å². The minimum atomic E-state index is 0.534. The molecule has 0 bridgehead atoms. The third kappa shape index (κ3) is 3.36. The molecule has 0 atom stereocenters. The lowest BCUT2D eigenvalue weighted by atomic mass is 10.2. The molecule has 0 unspecified atom stereocenters. The van der Waals surface area contributed by atoms with E-state index in [0.717, 1.165) is 27.7 Å². The van der Waals surface area contributed by atoms with E-state index in [2.05, 4.69) is 49.9 Å². The fourth-order valence-corrected chi connectivity index (χ4v) is 2.45. The summed E-state index contributed by atoms with van der Waals surface area (Å²) >= 11 is 6.94. The van der Waals surface area contributed by atoms with Crippen LogP contribution in [0.4, 0.5) is 0 Å². The summed E-state index contributed by atoms with van der Waals surface area (Å²) in [6.45, 7) is 3.48. The molecule has 1 aromatic carbocycles. The van der Waals surface area contributed by atoms with E-state index < -0.39 is 0 Å². The predicted molar refractivity (Wildman–Crippen MR) is 79.0 cm³/mol. The van der Waals surface area contributed by atoms with Gasteiger partial charge >= 0.3 is 0 Å². The topological polar surface area (TPSA) is 27.1 Å². The van der Waals surface area contributed by atoms with Gasteiger partial charge in [0.25, 0.3) is 0 Å². The fourth-order valence-electron chi connectivity index (χ4n) is 1.56. The molecule has 0 saturated carbocycles. The quantitative estimate of drug-likeness (QED) is 0.736. The van der Waals surface area contributed by atoms with Crippen molar-refractivity contribution in [1.82, 2.24) is 9.78 Å². The molecule has 5 heteroatoms. The molecule has 1 heterocycles. The number of nitrogens with zero attached hydrogens (tertiary/aromatic N) is 2. The third-order valence-corrected chi connectivity index (χ3v) is 3.82. The van der Waals surface area contributed by atoms with Gasteiger partial charge < -0.3 is 4.74 Å². The third-order valence-electron chi connectivity index (χ3n) is 2.56. The molecule has 0 radical (unpaired) electrons. The monoisotopic (exact) mass is 372 g/mol. The molecule has 0 spiro atoms. The summed E-state index contributed by atoms with van der Waals surface area (Å²) in [7, 11) is 0. The Balaban J connectivity index is 2.01. The van der Waals surface area contributed by atoms with Crippen LogP contribution < -0.4 is 4.74 Å². The Labute approximate surface area is 123 Å². The Hall–Kier alpha value is -0.810. The minimum absolute atomic E-state index is 0.534. The molecular formula is C13H14Br2N2O. The maximum atomic E-state index is 5.76.